The molecule has 4 N–H and O–H groups in total. The molecule has 1 fully saturated rings. The number of carbonyl (C=O) groups excluding carboxylic acids is 2. The topological polar surface area (TPSA) is 106 Å². The lowest BCUT2D eigenvalue weighted by Gasteiger charge is -2.09. The van der Waals surface area contributed by atoms with Gasteiger partial charge in [-0.05, 0) is 56.1 Å². The number of nitrogens with zero attached hydrogens (tertiary/aromatic N) is 1. The second-order valence-electron chi connectivity index (χ2n) is 6.32. The van der Waals surface area contributed by atoms with Crippen LogP contribution in [0.4, 0.5) is 5.69 Å². The normalized spacial score (nSPS) is 16.2. The monoisotopic (exact) mass is 354 g/mol. The Morgan fingerprint density at radius 3 is 2.88 bits per heavy atom. The summed E-state index contributed by atoms with van der Waals surface area (Å²) in [4.78, 5) is 27.4. The molecule has 26 heavy (non-hydrogen) atoms. The minimum absolute atomic E-state index is 0.0125. The summed E-state index contributed by atoms with van der Waals surface area (Å²) in [6.45, 7) is 2.04. The number of hydrogen-bond acceptors (Lipinski definition) is 5. The highest BCUT2D eigenvalue weighted by Crippen LogP contribution is 2.22. The van der Waals surface area contributed by atoms with Crippen LogP contribution in [-0.4, -0.2) is 29.9 Å². The highest BCUT2D eigenvalue weighted by Gasteiger charge is 2.15. The molecule has 3 rings (SSSR count). The van der Waals surface area contributed by atoms with E-state index in [9.17, 15) is 9.59 Å². The Labute approximate surface area is 151 Å². The van der Waals surface area contributed by atoms with E-state index in [2.05, 4.69) is 15.6 Å². The number of amides is 2. The van der Waals surface area contributed by atoms with E-state index in [-0.39, 0.29) is 5.91 Å². The van der Waals surface area contributed by atoms with Crippen molar-refractivity contribution in [3.05, 3.63) is 48.2 Å². The first kappa shape index (κ1) is 17.9. The Balaban J connectivity index is 1.52. The number of nitrogens with two attached hydrogens (primary N) is 1. The molecule has 2 amide bonds. The minimum Gasteiger partial charge on any atom is -0.439 e. The van der Waals surface area contributed by atoms with E-state index in [4.69, 9.17) is 10.5 Å². The molecule has 2 aromatic rings. The molecule has 1 saturated heterocycles. The van der Waals surface area contributed by atoms with Crippen LogP contribution in [0.5, 0.6) is 11.6 Å². The number of rotatable bonds is 7. The predicted octanol–water partition coefficient (Wildman–Crippen LogP) is 2.30. The van der Waals surface area contributed by atoms with E-state index in [1.54, 1.807) is 42.6 Å². The average Bonchev–Trinajstić information content (AvgIpc) is 3.15. The van der Waals surface area contributed by atoms with Gasteiger partial charge in [0.2, 0.25) is 17.7 Å². The summed E-state index contributed by atoms with van der Waals surface area (Å²) in [6.07, 6.45) is 4.08. The van der Waals surface area contributed by atoms with Gasteiger partial charge < -0.3 is 21.1 Å². The molecular weight excluding hydrogens is 332 g/mol. The fraction of sp³-hybridized carbons (Fsp3) is 0.316. The molecule has 1 aliphatic rings. The summed E-state index contributed by atoms with van der Waals surface area (Å²) in [6, 6.07) is 9.95. The van der Waals surface area contributed by atoms with Gasteiger partial charge in [0.25, 0.3) is 0 Å². The molecule has 0 radical (unpaired) electrons. The number of aromatic nitrogens is 1. The molecule has 1 aromatic carbocycles. The second-order valence-corrected chi connectivity index (χ2v) is 6.32. The van der Waals surface area contributed by atoms with Crippen LogP contribution in [-0.2, 0) is 4.79 Å². The zero-order valence-electron chi connectivity index (χ0n) is 14.4. The lowest BCUT2D eigenvalue weighted by Crippen LogP contribution is -2.15. The van der Waals surface area contributed by atoms with Crippen LogP contribution in [0, 0.1) is 5.92 Å². The maximum absolute atomic E-state index is 12.0. The van der Waals surface area contributed by atoms with Crippen molar-refractivity contribution in [2.24, 2.45) is 11.7 Å². The Morgan fingerprint density at radius 2 is 2.19 bits per heavy atom. The summed E-state index contributed by atoms with van der Waals surface area (Å²) in [5.74, 6) is 0.889. The Kier molecular flexibility index (Phi) is 5.80. The Bertz CT molecular complexity index is 771. The predicted molar refractivity (Wildman–Crippen MR) is 98.1 cm³/mol. The van der Waals surface area contributed by atoms with Gasteiger partial charge in [-0.25, -0.2) is 4.98 Å². The number of benzene rings is 1. The standard InChI is InChI=1S/C19H22N4O3/c20-19(25)14-2-1-3-16(10-14)26-18-7-5-15(12-22-18)23-17(24)6-4-13-8-9-21-11-13/h1-3,5,7,10,12-13,21H,4,6,8-9,11H2,(H2,20,25)(H,23,24). The fourth-order valence-electron chi connectivity index (χ4n) is 2.87. The van der Waals surface area contributed by atoms with Gasteiger partial charge in [-0.2, -0.15) is 0 Å². The maximum atomic E-state index is 12.0. The number of carbonyl (C=O) groups is 2. The number of primary amides is 1. The summed E-state index contributed by atoms with van der Waals surface area (Å²) < 4.78 is 5.61. The van der Waals surface area contributed by atoms with Gasteiger partial charge in [0, 0.05) is 18.1 Å². The molecule has 0 aliphatic carbocycles. The molecule has 1 aliphatic heterocycles. The number of anilines is 1. The largest absolute Gasteiger partial charge is 0.439 e. The van der Waals surface area contributed by atoms with Gasteiger partial charge in [0.05, 0.1) is 11.9 Å². The molecule has 2 heterocycles. The SMILES string of the molecule is NC(=O)c1cccc(Oc2ccc(NC(=O)CCC3CCNC3)cn2)c1. The van der Waals surface area contributed by atoms with Crippen molar-refractivity contribution in [2.45, 2.75) is 19.3 Å². The van der Waals surface area contributed by atoms with Crippen LogP contribution < -0.4 is 21.1 Å². The van der Waals surface area contributed by atoms with Gasteiger partial charge >= 0.3 is 0 Å². The first-order valence-electron chi connectivity index (χ1n) is 8.64. The number of nitrogens with one attached hydrogen (secondary N) is 2. The van der Waals surface area contributed by atoms with Crippen molar-refractivity contribution in [1.82, 2.24) is 10.3 Å². The molecule has 1 atom stereocenters. The lowest BCUT2D eigenvalue weighted by atomic mass is 10.0. The van der Waals surface area contributed by atoms with E-state index in [0.717, 1.165) is 25.9 Å². The van der Waals surface area contributed by atoms with Gasteiger partial charge in [-0.1, -0.05) is 6.07 Å². The second kappa shape index (κ2) is 8.44. The molecule has 7 nitrogen and oxygen atoms in total. The molecule has 1 unspecified atom stereocenters. The van der Waals surface area contributed by atoms with Crippen LogP contribution >= 0.6 is 0 Å². The molecule has 136 valence electrons. The molecule has 7 heteroatoms. The lowest BCUT2D eigenvalue weighted by molar-refractivity contribution is -0.116. The van der Waals surface area contributed by atoms with Crippen molar-refractivity contribution >= 4 is 17.5 Å². The Hall–Kier alpha value is -2.93. The summed E-state index contributed by atoms with van der Waals surface area (Å²) >= 11 is 0. The Morgan fingerprint density at radius 1 is 1.31 bits per heavy atom. The van der Waals surface area contributed by atoms with E-state index in [1.165, 1.54) is 0 Å². The average molecular weight is 354 g/mol. The van der Waals surface area contributed by atoms with Crippen LogP contribution in [0.3, 0.4) is 0 Å². The quantitative estimate of drug-likeness (QED) is 0.707. The van der Waals surface area contributed by atoms with Gasteiger partial charge in [0.1, 0.15) is 5.75 Å². The maximum Gasteiger partial charge on any atom is 0.248 e. The third-order valence-electron chi connectivity index (χ3n) is 4.30. The minimum atomic E-state index is -0.519. The molecule has 0 saturated carbocycles. The zero-order chi connectivity index (χ0) is 18.4. The van der Waals surface area contributed by atoms with Gasteiger partial charge in [-0.3, -0.25) is 9.59 Å². The zero-order valence-corrected chi connectivity index (χ0v) is 14.4. The summed E-state index contributed by atoms with van der Waals surface area (Å²) in [7, 11) is 0. The molecule has 0 spiro atoms. The van der Waals surface area contributed by atoms with E-state index in [0.29, 0.717) is 35.2 Å². The third kappa shape index (κ3) is 5.03. The van der Waals surface area contributed by atoms with E-state index >= 15 is 0 Å². The van der Waals surface area contributed by atoms with Gasteiger partial charge in [0.15, 0.2) is 0 Å². The van der Waals surface area contributed by atoms with Crippen molar-refractivity contribution in [1.29, 1.82) is 0 Å². The molecule has 1 aromatic heterocycles. The fourth-order valence-corrected chi connectivity index (χ4v) is 2.87. The number of ether oxygens (including phenoxy) is 1. The third-order valence-corrected chi connectivity index (χ3v) is 4.30. The van der Waals surface area contributed by atoms with E-state index in [1.807, 2.05) is 0 Å². The van der Waals surface area contributed by atoms with Crippen molar-refractivity contribution in [2.75, 3.05) is 18.4 Å². The van der Waals surface area contributed by atoms with Crippen LogP contribution in [0.15, 0.2) is 42.6 Å². The molecular formula is C19H22N4O3. The van der Waals surface area contributed by atoms with E-state index < -0.39 is 5.91 Å². The molecule has 0 bridgehead atoms. The summed E-state index contributed by atoms with van der Waals surface area (Å²) in [5, 5.41) is 6.14. The van der Waals surface area contributed by atoms with Crippen molar-refractivity contribution < 1.29 is 14.3 Å². The highest BCUT2D eigenvalue weighted by atomic mass is 16.5. The smallest absolute Gasteiger partial charge is 0.248 e. The van der Waals surface area contributed by atoms with Gasteiger partial charge in [-0.15, -0.1) is 0 Å². The first-order chi connectivity index (χ1) is 12.6. The van der Waals surface area contributed by atoms with Crippen LogP contribution in [0.25, 0.3) is 0 Å². The summed E-state index contributed by atoms with van der Waals surface area (Å²) in [5.41, 5.74) is 6.24. The first-order valence-corrected chi connectivity index (χ1v) is 8.64. The van der Waals surface area contributed by atoms with Crippen molar-refractivity contribution in [3.63, 3.8) is 0 Å². The van der Waals surface area contributed by atoms with Crippen LogP contribution in [0.2, 0.25) is 0 Å². The number of hydrogen-bond donors (Lipinski definition) is 3. The highest BCUT2D eigenvalue weighted by molar-refractivity contribution is 5.93. The van der Waals surface area contributed by atoms with Crippen molar-refractivity contribution in [3.8, 4) is 11.6 Å². The number of pyridine rings is 1. The van der Waals surface area contributed by atoms with Crippen LogP contribution in [0.1, 0.15) is 29.6 Å².